The lowest BCUT2D eigenvalue weighted by Gasteiger charge is -2.50. The van der Waals surface area contributed by atoms with Crippen LogP contribution in [0.4, 0.5) is 0 Å². The van der Waals surface area contributed by atoms with Crippen LogP contribution in [0, 0.1) is 11.8 Å². The van der Waals surface area contributed by atoms with Gasteiger partial charge in [-0.3, -0.25) is 0 Å². The third-order valence-electron chi connectivity index (χ3n) is 3.69. The third kappa shape index (κ3) is 1.14. The van der Waals surface area contributed by atoms with Crippen LogP contribution in [0.2, 0.25) is 0 Å². The smallest absolute Gasteiger partial charge is 0.115 e. The van der Waals surface area contributed by atoms with E-state index in [1.54, 1.807) is 6.07 Å². The van der Waals surface area contributed by atoms with Gasteiger partial charge in [0.15, 0.2) is 0 Å². The molecule has 0 aromatic heterocycles. The molecule has 2 atom stereocenters. The number of hydrogen-bond donors (Lipinski definition) is 2. The van der Waals surface area contributed by atoms with Crippen LogP contribution in [0.15, 0.2) is 24.3 Å². The highest BCUT2D eigenvalue weighted by molar-refractivity contribution is 5.32. The molecule has 3 rings (SSSR count). The Bertz CT molecular complexity index is 336. The number of phenols is 1. The Balaban J connectivity index is 1.89. The Morgan fingerprint density at radius 3 is 2.64 bits per heavy atom. The zero-order chi connectivity index (χ0) is 9.54. The first kappa shape index (κ1) is 8.30. The monoisotopic (exact) mass is 189 g/mol. The number of piperidine rings is 2. The van der Waals surface area contributed by atoms with E-state index >= 15 is 0 Å². The lowest BCUT2D eigenvalue weighted by molar-refractivity contribution is 0.0910. The van der Waals surface area contributed by atoms with Crippen LogP contribution in [0.3, 0.4) is 0 Å². The average molecular weight is 189 g/mol. The van der Waals surface area contributed by atoms with Gasteiger partial charge in [-0.15, -0.1) is 0 Å². The number of rotatable bonds is 1. The van der Waals surface area contributed by atoms with Gasteiger partial charge in [0, 0.05) is 0 Å². The Morgan fingerprint density at radius 2 is 2.00 bits per heavy atom. The fraction of sp³-hybridized carbons (Fsp3) is 0.500. The molecule has 14 heavy (non-hydrogen) atoms. The lowest BCUT2D eigenvalue weighted by Crippen LogP contribution is -2.51. The van der Waals surface area contributed by atoms with Crippen LogP contribution in [-0.4, -0.2) is 18.2 Å². The first-order chi connectivity index (χ1) is 6.84. The van der Waals surface area contributed by atoms with E-state index in [1.807, 2.05) is 12.1 Å². The summed E-state index contributed by atoms with van der Waals surface area (Å²) in [5.41, 5.74) is 1.33. The number of fused-ring (bicyclic) bond motifs is 2. The molecule has 1 aromatic rings. The first-order valence-electron chi connectivity index (χ1n) is 5.34. The molecule has 2 N–H and O–H groups in total. The number of hydrogen-bond acceptors (Lipinski definition) is 2. The maximum Gasteiger partial charge on any atom is 0.115 e. The summed E-state index contributed by atoms with van der Waals surface area (Å²) in [6.07, 6.45) is 1.37. The Kier molecular flexibility index (Phi) is 1.77. The molecule has 74 valence electrons. The van der Waals surface area contributed by atoms with E-state index in [2.05, 4.69) is 11.4 Å². The zero-order valence-corrected chi connectivity index (χ0v) is 8.11. The van der Waals surface area contributed by atoms with Crippen molar-refractivity contribution >= 4 is 0 Å². The van der Waals surface area contributed by atoms with E-state index < -0.39 is 0 Å². The summed E-state index contributed by atoms with van der Waals surface area (Å²) >= 11 is 0. The Morgan fingerprint density at radius 1 is 1.21 bits per heavy atom. The molecular formula is C12H15NO. The van der Waals surface area contributed by atoms with Gasteiger partial charge >= 0.3 is 0 Å². The van der Waals surface area contributed by atoms with Crippen LogP contribution in [0.25, 0.3) is 0 Å². The van der Waals surface area contributed by atoms with E-state index in [4.69, 9.17) is 0 Å². The standard InChI is InChI=1S/C12H15NO/c14-11-3-1-2-8(5-11)12-9-4-10(12)7-13-6-9/h1-3,5,9-10,12-14H,4,6-7H2. The summed E-state index contributed by atoms with van der Waals surface area (Å²) in [6.45, 7) is 2.30. The predicted molar refractivity (Wildman–Crippen MR) is 55.3 cm³/mol. The third-order valence-corrected chi connectivity index (χ3v) is 3.69. The van der Waals surface area contributed by atoms with Crippen molar-refractivity contribution in [3.8, 4) is 5.75 Å². The van der Waals surface area contributed by atoms with Crippen LogP contribution in [0.1, 0.15) is 17.9 Å². The number of benzene rings is 1. The van der Waals surface area contributed by atoms with Crippen molar-refractivity contribution in [3.63, 3.8) is 0 Å². The first-order valence-corrected chi connectivity index (χ1v) is 5.34. The van der Waals surface area contributed by atoms with Gasteiger partial charge in [0.1, 0.15) is 5.75 Å². The zero-order valence-electron chi connectivity index (χ0n) is 8.11. The highest BCUT2D eigenvalue weighted by Crippen LogP contribution is 2.49. The van der Waals surface area contributed by atoms with Gasteiger partial charge in [0.05, 0.1) is 0 Å². The molecule has 1 aliphatic heterocycles. The minimum absolute atomic E-state index is 0.403. The summed E-state index contributed by atoms with van der Waals surface area (Å²) in [4.78, 5) is 0. The second kappa shape index (κ2) is 2.99. The lowest BCUT2D eigenvalue weighted by atomic mass is 9.60. The molecule has 1 aromatic carbocycles. The summed E-state index contributed by atoms with van der Waals surface area (Å²) in [5.74, 6) is 2.70. The van der Waals surface area contributed by atoms with Gasteiger partial charge in [-0.2, -0.15) is 0 Å². The number of aromatic hydroxyl groups is 1. The van der Waals surface area contributed by atoms with Gasteiger partial charge in [-0.05, 0) is 55.0 Å². The molecule has 1 saturated heterocycles. The van der Waals surface area contributed by atoms with Crippen LogP contribution in [0.5, 0.6) is 5.75 Å². The average Bonchev–Trinajstić information content (AvgIpc) is 2.18. The van der Waals surface area contributed by atoms with Crippen molar-refractivity contribution in [1.29, 1.82) is 0 Å². The fourth-order valence-electron chi connectivity index (χ4n) is 3.02. The molecule has 2 bridgehead atoms. The molecule has 2 unspecified atom stereocenters. The van der Waals surface area contributed by atoms with Gasteiger partial charge in [0.25, 0.3) is 0 Å². The maximum atomic E-state index is 9.43. The summed E-state index contributed by atoms with van der Waals surface area (Å²) < 4.78 is 0. The van der Waals surface area contributed by atoms with Crippen molar-refractivity contribution in [1.82, 2.24) is 5.32 Å². The normalized spacial score (nSPS) is 35.0. The van der Waals surface area contributed by atoms with Crippen LogP contribution in [-0.2, 0) is 0 Å². The minimum atomic E-state index is 0.403. The molecule has 2 nitrogen and oxygen atoms in total. The van der Waals surface area contributed by atoms with E-state index in [0.717, 1.165) is 24.9 Å². The van der Waals surface area contributed by atoms with Gasteiger partial charge in [-0.1, -0.05) is 12.1 Å². The van der Waals surface area contributed by atoms with E-state index in [0.29, 0.717) is 11.7 Å². The topological polar surface area (TPSA) is 32.3 Å². The highest BCUT2D eigenvalue weighted by atomic mass is 16.3. The molecule has 0 spiro atoms. The van der Waals surface area contributed by atoms with Crippen LogP contribution < -0.4 is 5.32 Å². The summed E-state index contributed by atoms with van der Waals surface area (Å²) in [6, 6.07) is 7.77. The van der Waals surface area contributed by atoms with Gasteiger partial charge in [0.2, 0.25) is 0 Å². The van der Waals surface area contributed by atoms with Crippen molar-refractivity contribution in [3.05, 3.63) is 29.8 Å². The minimum Gasteiger partial charge on any atom is -0.508 e. The predicted octanol–water partition coefficient (Wildman–Crippen LogP) is 1.72. The van der Waals surface area contributed by atoms with Crippen molar-refractivity contribution in [2.45, 2.75) is 12.3 Å². The largest absolute Gasteiger partial charge is 0.508 e. The molecule has 2 aliphatic rings. The number of phenolic OH excluding ortho intramolecular Hbond substituents is 1. The number of nitrogens with one attached hydrogen (secondary N) is 1. The second-order valence-corrected chi connectivity index (χ2v) is 4.53. The maximum absolute atomic E-state index is 9.43. The van der Waals surface area contributed by atoms with Crippen molar-refractivity contribution in [2.75, 3.05) is 13.1 Å². The summed E-state index contributed by atoms with van der Waals surface area (Å²) in [7, 11) is 0. The molecular weight excluding hydrogens is 174 g/mol. The quantitative estimate of drug-likeness (QED) is 0.705. The molecule has 0 radical (unpaired) electrons. The molecule has 1 heterocycles. The van der Waals surface area contributed by atoms with Gasteiger partial charge < -0.3 is 10.4 Å². The molecule has 1 saturated carbocycles. The van der Waals surface area contributed by atoms with E-state index in [9.17, 15) is 5.11 Å². The second-order valence-electron chi connectivity index (χ2n) is 4.53. The van der Waals surface area contributed by atoms with E-state index in [1.165, 1.54) is 12.0 Å². The van der Waals surface area contributed by atoms with Crippen LogP contribution >= 0.6 is 0 Å². The Hall–Kier alpha value is -1.02. The van der Waals surface area contributed by atoms with E-state index in [-0.39, 0.29) is 0 Å². The van der Waals surface area contributed by atoms with Gasteiger partial charge in [-0.25, -0.2) is 0 Å². The molecule has 2 fully saturated rings. The van der Waals surface area contributed by atoms with Crippen molar-refractivity contribution in [2.24, 2.45) is 11.8 Å². The molecule has 0 amide bonds. The molecule has 1 aliphatic carbocycles. The summed E-state index contributed by atoms with van der Waals surface area (Å²) in [5, 5.41) is 12.9. The molecule has 2 heteroatoms. The highest BCUT2D eigenvalue weighted by Gasteiger charge is 2.44. The fourth-order valence-corrected chi connectivity index (χ4v) is 3.02. The SMILES string of the molecule is Oc1cccc(C2C3CNCC2C3)c1. The Labute approximate surface area is 84.0 Å². The van der Waals surface area contributed by atoms with Crippen molar-refractivity contribution < 1.29 is 5.11 Å².